The van der Waals surface area contributed by atoms with Crippen molar-refractivity contribution in [1.82, 2.24) is 24.7 Å². The molecular weight excluding hydrogens is 280 g/mol. The second-order valence-corrected chi connectivity index (χ2v) is 4.76. The normalized spacial score (nSPS) is 10.8. The summed E-state index contributed by atoms with van der Waals surface area (Å²) in [4.78, 5) is 12.1. The van der Waals surface area contributed by atoms with Gasteiger partial charge in [0.05, 0.1) is 6.10 Å². The van der Waals surface area contributed by atoms with E-state index in [2.05, 4.69) is 25.4 Å². The predicted molar refractivity (Wildman–Crippen MR) is 75.9 cm³/mol. The highest BCUT2D eigenvalue weighted by Crippen LogP contribution is 2.12. The van der Waals surface area contributed by atoms with Crippen LogP contribution in [0.25, 0.3) is 0 Å². The molecule has 2 rings (SSSR count). The summed E-state index contributed by atoms with van der Waals surface area (Å²) in [6, 6.07) is 2.13. The zero-order valence-electron chi connectivity index (χ0n) is 11.5. The van der Waals surface area contributed by atoms with Crippen LogP contribution < -0.4 is 10.1 Å². The molecule has 0 aromatic carbocycles. The summed E-state index contributed by atoms with van der Waals surface area (Å²) in [6.45, 7) is 5.33. The number of aromatic nitrogens is 5. The summed E-state index contributed by atoms with van der Waals surface area (Å²) in [7, 11) is 0. The smallest absolute Gasteiger partial charge is 0.322 e. The zero-order chi connectivity index (χ0) is 14.4. The molecule has 2 aromatic rings. The summed E-state index contributed by atoms with van der Waals surface area (Å²) in [5, 5.41) is 7.34. The third-order valence-corrected chi connectivity index (χ3v) is 2.50. The van der Waals surface area contributed by atoms with Crippen molar-refractivity contribution in [3.05, 3.63) is 23.7 Å². The predicted octanol–water partition coefficient (Wildman–Crippen LogP) is 2.01. The fraction of sp³-hybridized carbons (Fsp3) is 0.500. The Morgan fingerprint density at radius 1 is 1.35 bits per heavy atom. The highest BCUT2D eigenvalue weighted by molar-refractivity contribution is 6.28. The van der Waals surface area contributed by atoms with E-state index in [1.54, 1.807) is 6.20 Å². The molecule has 20 heavy (non-hydrogen) atoms. The van der Waals surface area contributed by atoms with Crippen LogP contribution >= 0.6 is 11.6 Å². The molecule has 0 unspecified atom stereocenters. The van der Waals surface area contributed by atoms with Crippen LogP contribution in [-0.4, -0.2) is 37.4 Å². The minimum Gasteiger partial charge on any atom is -0.461 e. The number of rotatable bonds is 7. The number of hydrogen-bond donors (Lipinski definition) is 1. The van der Waals surface area contributed by atoms with Crippen LogP contribution in [0.3, 0.4) is 0 Å². The summed E-state index contributed by atoms with van der Waals surface area (Å²) in [6.07, 6.45) is 4.56. The van der Waals surface area contributed by atoms with Crippen molar-refractivity contribution < 1.29 is 4.74 Å². The van der Waals surface area contributed by atoms with Crippen molar-refractivity contribution >= 4 is 17.5 Å². The summed E-state index contributed by atoms with van der Waals surface area (Å²) in [5.41, 5.74) is 0. The minimum absolute atomic E-state index is 0.0128. The lowest BCUT2D eigenvalue weighted by molar-refractivity contribution is 0.222. The Bertz CT molecular complexity index is 531. The molecule has 0 atom stereocenters. The van der Waals surface area contributed by atoms with Gasteiger partial charge in [0.2, 0.25) is 11.2 Å². The fourth-order valence-corrected chi connectivity index (χ4v) is 1.70. The highest BCUT2D eigenvalue weighted by atomic mass is 35.5. The van der Waals surface area contributed by atoms with Crippen LogP contribution in [0, 0.1) is 0 Å². The van der Waals surface area contributed by atoms with E-state index in [9.17, 15) is 0 Å². The van der Waals surface area contributed by atoms with Gasteiger partial charge in [0, 0.05) is 25.5 Å². The summed E-state index contributed by atoms with van der Waals surface area (Å²) < 4.78 is 7.27. The molecule has 2 heterocycles. The number of nitrogens with one attached hydrogen (secondary N) is 1. The molecule has 0 aliphatic heterocycles. The monoisotopic (exact) mass is 296 g/mol. The third kappa shape index (κ3) is 4.65. The van der Waals surface area contributed by atoms with Gasteiger partial charge in [-0.1, -0.05) is 0 Å². The van der Waals surface area contributed by atoms with Crippen molar-refractivity contribution in [3.63, 3.8) is 0 Å². The molecule has 0 bridgehead atoms. The Hall–Kier alpha value is -1.89. The Kier molecular flexibility index (Phi) is 5.11. The molecule has 1 N–H and O–H groups in total. The number of anilines is 1. The molecule has 0 amide bonds. The van der Waals surface area contributed by atoms with E-state index in [0.717, 1.165) is 13.0 Å². The van der Waals surface area contributed by atoms with Crippen molar-refractivity contribution in [3.8, 4) is 6.01 Å². The van der Waals surface area contributed by atoms with Crippen LogP contribution in [-0.2, 0) is 6.54 Å². The van der Waals surface area contributed by atoms with E-state index in [1.807, 2.05) is 30.8 Å². The van der Waals surface area contributed by atoms with Gasteiger partial charge in [0.25, 0.3) is 0 Å². The Balaban J connectivity index is 1.84. The molecule has 0 spiro atoms. The molecule has 0 aliphatic rings. The van der Waals surface area contributed by atoms with E-state index in [0.29, 0.717) is 12.5 Å². The van der Waals surface area contributed by atoms with E-state index in [-0.39, 0.29) is 17.4 Å². The molecule has 0 saturated heterocycles. The van der Waals surface area contributed by atoms with Gasteiger partial charge in [-0.3, -0.25) is 4.68 Å². The van der Waals surface area contributed by atoms with Crippen LogP contribution in [0.4, 0.5) is 5.95 Å². The first-order chi connectivity index (χ1) is 9.63. The van der Waals surface area contributed by atoms with Gasteiger partial charge in [-0.15, -0.1) is 0 Å². The average Bonchev–Trinajstić information content (AvgIpc) is 2.86. The van der Waals surface area contributed by atoms with Crippen LogP contribution in [0.5, 0.6) is 6.01 Å². The molecule has 0 saturated carbocycles. The molecule has 0 radical (unpaired) electrons. The summed E-state index contributed by atoms with van der Waals surface area (Å²) >= 11 is 5.83. The first kappa shape index (κ1) is 14.5. The number of ether oxygens (including phenoxy) is 1. The standard InChI is InChI=1S/C12H17ClN6O/c1-9(2)20-12-17-10(13)16-11(18-12)14-5-3-7-19-8-4-6-15-19/h4,6,8-9H,3,5,7H2,1-2H3,(H,14,16,17,18). The Labute approximate surface area is 122 Å². The lowest BCUT2D eigenvalue weighted by Gasteiger charge is -2.09. The van der Waals surface area contributed by atoms with E-state index >= 15 is 0 Å². The SMILES string of the molecule is CC(C)Oc1nc(Cl)nc(NCCCn2cccn2)n1. The third-order valence-electron chi connectivity index (χ3n) is 2.34. The van der Waals surface area contributed by atoms with E-state index in [1.165, 1.54) is 0 Å². The topological polar surface area (TPSA) is 77.8 Å². The molecule has 0 aliphatic carbocycles. The average molecular weight is 297 g/mol. The molecule has 7 nitrogen and oxygen atoms in total. The maximum Gasteiger partial charge on any atom is 0.322 e. The molecule has 0 fully saturated rings. The van der Waals surface area contributed by atoms with Gasteiger partial charge >= 0.3 is 6.01 Å². The maximum absolute atomic E-state index is 5.83. The maximum atomic E-state index is 5.83. The van der Waals surface area contributed by atoms with Crippen LogP contribution in [0.2, 0.25) is 5.28 Å². The van der Waals surface area contributed by atoms with Gasteiger partial charge in [0.1, 0.15) is 0 Å². The van der Waals surface area contributed by atoms with Gasteiger partial charge in [-0.05, 0) is 37.9 Å². The first-order valence-corrected chi connectivity index (χ1v) is 6.81. The Morgan fingerprint density at radius 2 is 2.20 bits per heavy atom. The van der Waals surface area contributed by atoms with Crippen LogP contribution in [0.1, 0.15) is 20.3 Å². The minimum atomic E-state index is -0.0128. The van der Waals surface area contributed by atoms with Gasteiger partial charge in [0.15, 0.2) is 0 Å². The second kappa shape index (κ2) is 7.04. The second-order valence-electron chi connectivity index (χ2n) is 4.43. The molecule has 108 valence electrons. The van der Waals surface area contributed by atoms with Crippen LogP contribution in [0.15, 0.2) is 18.5 Å². The van der Waals surface area contributed by atoms with Crippen molar-refractivity contribution in [2.24, 2.45) is 0 Å². The first-order valence-electron chi connectivity index (χ1n) is 6.43. The van der Waals surface area contributed by atoms with E-state index in [4.69, 9.17) is 16.3 Å². The quantitative estimate of drug-likeness (QED) is 0.788. The largest absolute Gasteiger partial charge is 0.461 e. The Morgan fingerprint density at radius 3 is 2.90 bits per heavy atom. The molecule has 8 heteroatoms. The van der Waals surface area contributed by atoms with Gasteiger partial charge in [-0.2, -0.15) is 20.1 Å². The molecule has 2 aromatic heterocycles. The zero-order valence-corrected chi connectivity index (χ0v) is 12.2. The lowest BCUT2D eigenvalue weighted by atomic mass is 10.4. The lowest BCUT2D eigenvalue weighted by Crippen LogP contribution is -2.13. The summed E-state index contributed by atoms with van der Waals surface area (Å²) in [5.74, 6) is 0.418. The van der Waals surface area contributed by atoms with Crippen molar-refractivity contribution in [2.45, 2.75) is 32.9 Å². The van der Waals surface area contributed by atoms with Crippen molar-refractivity contribution in [2.75, 3.05) is 11.9 Å². The molecular formula is C12H17ClN6O. The number of aryl methyl sites for hydroxylation is 1. The van der Waals surface area contributed by atoms with Crippen molar-refractivity contribution in [1.29, 1.82) is 0 Å². The van der Waals surface area contributed by atoms with E-state index < -0.39 is 0 Å². The van der Waals surface area contributed by atoms with Gasteiger partial charge in [-0.25, -0.2) is 0 Å². The number of halogens is 1. The highest BCUT2D eigenvalue weighted by Gasteiger charge is 2.07. The number of nitrogens with zero attached hydrogens (tertiary/aromatic N) is 5. The number of hydrogen-bond acceptors (Lipinski definition) is 6. The fourth-order valence-electron chi connectivity index (χ4n) is 1.55. The van der Waals surface area contributed by atoms with Gasteiger partial charge < -0.3 is 10.1 Å².